The quantitative estimate of drug-likeness (QED) is 0.789. The van der Waals surface area contributed by atoms with E-state index in [4.69, 9.17) is 9.15 Å². The minimum Gasteiger partial charge on any atom is -0.464 e. The van der Waals surface area contributed by atoms with Crippen molar-refractivity contribution in [1.29, 1.82) is 0 Å². The number of aryl methyl sites for hydroxylation is 2. The lowest BCUT2D eigenvalue weighted by Gasteiger charge is -2.10. The van der Waals surface area contributed by atoms with Crippen LogP contribution < -0.4 is 5.32 Å². The summed E-state index contributed by atoms with van der Waals surface area (Å²) in [6.45, 7) is 3.54. The fraction of sp³-hybridized carbons (Fsp3) is 0.444. The van der Waals surface area contributed by atoms with Crippen molar-refractivity contribution >= 4 is 32.7 Å². The summed E-state index contributed by atoms with van der Waals surface area (Å²) >= 11 is 0. The second-order valence-corrected chi connectivity index (χ2v) is 8.93. The fourth-order valence-corrected chi connectivity index (χ4v) is 4.68. The van der Waals surface area contributed by atoms with Crippen molar-refractivity contribution in [3.8, 4) is 0 Å². The van der Waals surface area contributed by atoms with Crippen LogP contribution in [0.25, 0.3) is 11.0 Å². The molecule has 7 nitrogen and oxygen atoms in total. The molecule has 8 heteroatoms. The van der Waals surface area contributed by atoms with E-state index >= 15 is 0 Å². The van der Waals surface area contributed by atoms with Crippen LogP contribution in [0, 0.1) is 13.8 Å². The zero-order valence-corrected chi connectivity index (χ0v) is 15.5. The van der Waals surface area contributed by atoms with E-state index in [0.717, 1.165) is 16.5 Å². The van der Waals surface area contributed by atoms with Crippen molar-refractivity contribution in [3.63, 3.8) is 0 Å². The van der Waals surface area contributed by atoms with Gasteiger partial charge in [0.1, 0.15) is 5.58 Å². The summed E-state index contributed by atoms with van der Waals surface area (Å²) in [4.78, 5) is 23.8. The summed E-state index contributed by atoms with van der Waals surface area (Å²) < 4.78 is 33.2. The molecule has 1 aliphatic rings. The van der Waals surface area contributed by atoms with Gasteiger partial charge in [-0.3, -0.25) is 9.59 Å². The molecule has 0 unspecified atom stereocenters. The first kappa shape index (κ1) is 18.4. The van der Waals surface area contributed by atoms with Gasteiger partial charge >= 0.3 is 5.97 Å². The number of hydrogen-bond acceptors (Lipinski definition) is 6. The molecule has 26 heavy (non-hydrogen) atoms. The number of carbonyl (C=O) groups excluding carboxylic acids is 2. The standard InChI is InChI=1S/C18H21NO6S/c1-11-5-15-13(8-24-16(15)6-12(11)2)7-18(21)25-9-17(20)19-14-3-4-26(22,23)10-14/h5-6,8,14H,3-4,7,9-10H2,1-2H3,(H,19,20)/t14-/m0/s1. The van der Waals surface area contributed by atoms with Crippen LogP contribution in [0.3, 0.4) is 0 Å². The minimum absolute atomic E-state index is 0.000584. The lowest BCUT2D eigenvalue weighted by atomic mass is 10.0. The van der Waals surface area contributed by atoms with Crippen molar-refractivity contribution in [2.24, 2.45) is 0 Å². The second-order valence-electron chi connectivity index (χ2n) is 6.70. The molecule has 1 amide bonds. The Morgan fingerprint density at radius 2 is 2.00 bits per heavy atom. The van der Waals surface area contributed by atoms with Gasteiger partial charge in [-0.25, -0.2) is 8.42 Å². The van der Waals surface area contributed by atoms with Crippen LogP contribution in [-0.4, -0.2) is 44.4 Å². The zero-order chi connectivity index (χ0) is 18.9. The number of esters is 1. The normalized spacial score (nSPS) is 18.8. The molecule has 1 aromatic carbocycles. The largest absolute Gasteiger partial charge is 0.464 e. The van der Waals surface area contributed by atoms with Crippen LogP contribution in [0.2, 0.25) is 0 Å². The molecule has 1 aliphatic heterocycles. The Hall–Kier alpha value is -2.35. The monoisotopic (exact) mass is 379 g/mol. The third-order valence-electron chi connectivity index (χ3n) is 4.57. The molecule has 1 aromatic heterocycles. The number of hydrogen-bond donors (Lipinski definition) is 1. The number of nitrogens with one attached hydrogen (secondary N) is 1. The van der Waals surface area contributed by atoms with Gasteiger partial charge < -0.3 is 14.5 Å². The van der Waals surface area contributed by atoms with Crippen LogP contribution in [0.15, 0.2) is 22.8 Å². The van der Waals surface area contributed by atoms with Gasteiger partial charge in [-0.2, -0.15) is 0 Å². The summed E-state index contributed by atoms with van der Waals surface area (Å²) in [5, 5.41) is 3.43. The molecule has 1 saturated heterocycles. The summed E-state index contributed by atoms with van der Waals surface area (Å²) in [5.41, 5.74) is 3.61. The highest BCUT2D eigenvalue weighted by molar-refractivity contribution is 7.91. The molecule has 0 saturated carbocycles. The number of fused-ring (bicyclic) bond motifs is 1. The zero-order valence-electron chi connectivity index (χ0n) is 14.7. The average Bonchev–Trinajstić information content (AvgIpc) is 3.09. The first-order valence-corrected chi connectivity index (χ1v) is 10.2. The van der Waals surface area contributed by atoms with Gasteiger partial charge in [0.05, 0.1) is 24.2 Å². The van der Waals surface area contributed by atoms with E-state index in [-0.39, 0.29) is 17.9 Å². The molecule has 1 atom stereocenters. The van der Waals surface area contributed by atoms with E-state index in [1.807, 2.05) is 26.0 Å². The van der Waals surface area contributed by atoms with E-state index in [1.54, 1.807) is 0 Å². The van der Waals surface area contributed by atoms with Gasteiger partial charge in [-0.05, 0) is 43.5 Å². The number of sulfone groups is 1. The summed E-state index contributed by atoms with van der Waals surface area (Å²) in [6, 6.07) is 3.47. The molecular weight excluding hydrogens is 358 g/mol. The number of ether oxygens (including phenoxy) is 1. The molecule has 0 radical (unpaired) electrons. The number of rotatable bonds is 5. The SMILES string of the molecule is Cc1cc2occ(CC(=O)OCC(=O)N[C@H]3CCS(=O)(=O)C3)c2cc1C. The van der Waals surface area contributed by atoms with Crippen LogP contribution in [-0.2, 0) is 30.6 Å². The van der Waals surface area contributed by atoms with Crippen LogP contribution in [0.5, 0.6) is 0 Å². The number of benzene rings is 1. The molecule has 1 fully saturated rings. The third kappa shape index (κ3) is 4.24. The molecule has 0 bridgehead atoms. The van der Waals surface area contributed by atoms with Gasteiger partial charge in [-0.15, -0.1) is 0 Å². The molecule has 0 aliphatic carbocycles. The van der Waals surface area contributed by atoms with Gasteiger partial charge in [0.15, 0.2) is 16.4 Å². The van der Waals surface area contributed by atoms with Gasteiger partial charge in [0, 0.05) is 17.0 Å². The summed E-state index contributed by atoms with van der Waals surface area (Å²) in [5.74, 6) is -1.03. The molecular formula is C18H21NO6S. The van der Waals surface area contributed by atoms with E-state index < -0.39 is 34.4 Å². The molecule has 0 spiro atoms. The van der Waals surface area contributed by atoms with Crippen molar-refractivity contribution in [3.05, 3.63) is 35.1 Å². The Labute approximate surface area is 151 Å². The molecule has 2 aromatic rings. The van der Waals surface area contributed by atoms with Crippen molar-refractivity contribution in [1.82, 2.24) is 5.32 Å². The lowest BCUT2D eigenvalue weighted by molar-refractivity contribution is -0.148. The van der Waals surface area contributed by atoms with E-state index in [2.05, 4.69) is 5.32 Å². The number of furan rings is 1. The highest BCUT2D eigenvalue weighted by Crippen LogP contribution is 2.25. The molecule has 1 N–H and O–H groups in total. The Balaban J connectivity index is 1.53. The minimum atomic E-state index is -3.07. The highest BCUT2D eigenvalue weighted by atomic mass is 32.2. The van der Waals surface area contributed by atoms with Crippen molar-refractivity contribution in [2.75, 3.05) is 18.1 Å². The van der Waals surface area contributed by atoms with Gasteiger partial charge in [-0.1, -0.05) is 0 Å². The predicted molar refractivity (Wildman–Crippen MR) is 95.6 cm³/mol. The van der Waals surface area contributed by atoms with Crippen molar-refractivity contribution < 1.29 is 27.2 Å². The fourth-order valence-electron chi connectivity index (χ4n) is 3.00. The molecule has 140 valence electrons. The maximum atomic E-state index is 12.0. The van der Waals surface area contributed by atoms with E-state index in [9.17, 15) is 18.0 Å². The average molecular weight is 379 g/mol. The Morgan fingerprint density at radius 3 is 2.69 bits per heavy atom. The Bertz CT molecular complexity index is 959. The lowest BCUT2D eigenvalue weighted by Crippen LogP contribution is -2.38. The first-order chi connectivity index (χ1) is 12.2. The van der Waals surface area contributed by atoms with Gasteiger partial charge in [0.2, 0.25) is 0 Å². The molecule has 2 heterocycles. The smallest absolute Gasteiger partial charge is 0.310 e. The Kier molecular flexibility index (Phi) is 5.04. The van der Waals surface area contributed by atoms with Crippen LogP contribution >= 0.6 is 0 Å². The first-order valence-electron chi connectivity index (χ1n) is 8.36. The van der Waals surface area contributed by atoms with E-state index in [1.165, 1.54) is 6.26 Å². The van der Waals surface area contributed by atoms with Crippen LogP contribution in [0.1, 0.15) is 23.1 Å². The number of amides is 1. The molecule has 3 rings (SSSR count). The summed E-state index contributed by atoms with van der Waals surface area (Å²) in [6.07, 6.45) is 1.91. The maximum Gasteiger partial charge on any atom is 0.310 e. The third-order valence-corrected chi connectivity index (χ3v) is 6.33. The van der Waals surface area contributed by atoms with E-state index in [0.29, 0.717) is 17.6 Å². The number of carbonyl (C=O) groups is 2. The van der Waals surface area contributed by atoms with Crippen LogP contribution in [0.4, 0.5) is 0 Å². The topological polar surface area (TPSA) is 103 Å². The summed E-state index contributed by atoms with van der Waals surface area (Å²) in [7, 11) is -3.07. The maximum absolute atomic E-state index is 12.0. The van der Waals surface area contributed by atoms with Gasteiger partial charge in [0.25, 0.3) is 5.91 Å². The highest BCUT2D eigenvalue weighted by Gasteiger charge is 2.29. The van der Waals surface area contributed by atoms with Crippen molar-refractivity contribution in [2.45, 2.75) is 32.7 Å². The predicted octanol–water partition coefficient (Wildman–Crippen LogP) is 1.44. The second kappa shape index (κ2) is 7.11. The Morgan fingerprint density at radius 1 is 1.27 bits per heavy atom.